The molecule has 0 spiro atoms. The summed E-state index contributed by atoms with van der Waals surface area (Å²) in [7, 11) is 0. The van der Waals surface area contributed by atoms with Crippen molar-refractivity contribution in [2.75, 3.05) is 16.5 Å². The van der Waals surface area contributed by atoms with Gasteiger partial charge in [-0.05, 0) is 156 Å². The fourth-order valence-corrected chi connectivity index (χ4v) is 12.0. The average molecular weight is 1100 g/mol. The summed E-state index contributed by atoms with van der Waals surface area (Å²) in [5.41, 5.74) is 20.3. The zero-order valence-electron chi connectivity index (χ0n) is 49.4. The van der Waals surface area contributed by atoms with Crippen molar-refractivity contribution in [3.05, 3.63) is 265 Å². The van der Waals surface area contributed by atoms with Gasteiger partial charge < -0.3 is 14.5 Å². The molecule has 5 nitrogen and oxygen atoms in total. The van der Waals surface area contributed by atoms with Crippen molar-refractivity contribution in [3.8, 4) is 73.0 Å². The summed E-state index contributed by atoms with van der Waals surface area (Å²) in [6.07, 6.45) is 1.92. The van der Waals surface area contributed by atoms with E-state index in [1.807, 2.05) is 18.3 Å². The largest absolute Gasteiger partial charge is 0.457 e. The molecule has 0 radical (unpaired) electrons. The molecule has 1 aliphatic rings. The van der Waals surface area contributed by atoms with Gasteiger partial charge in [0, 0.05) is 45.9 Å². The topological polar surface area (TPSA) is 33.5 Å². The highest BCUT2D eigenvalue weighted by molar-refractivity contribution is 6.09. The molecule has 0 fully saturated rings. The number of rotatable bonds is 10. The van der Waals surface area contributed by atoms with E-state index in [2.05, 4.69) is 289 Å². The average Bonchev–Trinajstić information content (AvgIpc) is 1.85. The van der Waals surface area contributed by atoms with Crippen LogP contribution >= 0.6 is 0 Å². The normalized spacial score (nSPS) is 12.8. The van der Waals surface area contributed by atoms with Gasteiger partial charge in [-0.1, -0.05) is 208 Å². The summed E-state index contributed by atoms with van der Waals surface area (Å²) in [5.74, 6) is 1.99. The Balaban J connectivity index is 1.02. The Morgan fingerprint density at radius 1 is 0.381 bits per heavy atom. The highest BCUT2D eigenvalue weighted by atomic mass is 19.1. The molecular formula is C78H69FN4O. The standard InChI is InChI=1S/C78H69FN4O/c1-76(2,3)57-38-39-80-74(47-57)83-70-29-19-18-28-66(70)67-37-36-62(49-73(67)83)84-63-43-56(65-27-17-16-26-64(65)52-24-14-11-15-25-52)42-61(48-63)81-50-82(72-31-21-20-30-71(72)81)75-68(53-32-34-60(79)35-33-53)44-54(51-22-12-10-13-23-51)45-69(75)55-40-58(77(4,5)6)46-59(41-55)78(7,8)9/h10-49H,50H2,1-9H3. The lowest BCUT2D eigenvalue weighted by Crippen LogP contribution is -2.25. The van der Waals surface area contributed by atoms with Crippen LogP contribution in [0.3, 0.4) is 0 Å². The predicted octanol–water partition coefficient (Wildman–Crippen LogP) is 21.6. The molecule has 2 aromatic heterocycles. The van der Waals surface area contributed by atoms with Crippen molar-refractivity contribution in [3.63, 3.8) is 0 Å². The van der Waals surface area contributed by atoms with Gasteiger partial charge >= 0.3 is 0 Å². The van der Waals surface area contributed by atoms with Crippen molar-refractivity contribution in [2.24, 2.45) is 0 Å². The van der Waals surface area contributed by atoms with Gasteiger partial charge in [-0.2, -0.15) is 0 Å². The molecular weight excluding hydrogens is 1030 g/mol. The van der Waals surface area contributed by atoms with E-state index in [0.717, 1.165) is 106 Å². The van der Waals surface area contributed by atoms with E-state index < -0.39 is 0 Å². The van der Waals surface area contributed by atoms with Gasteiger partial charge in [0.25, 0.3) is 0 Å². The lowest BCUT2D eigenvalue weighted by molar-refractivity contribution is 0.483. The molecule has 0 saturated carbocycles. The fourth-order valence-electron chi connectivity index (χ4n) is 12.0. The van der Waals surface area contributed by atoms with Crippen LogP contribution in [0.1, 0.15) is 79.0 Å². The number of benzene rings is 10. The number of fused-ring (bicyclic) bond motifs is 4. The van der Waals surface area contributed by atoms with Gasteiger partial charge in [0.05, 0.1) is 28.1 Å². The lowest BCUT2D eigenvalue weighted by Gasteiger charge is -2.30. The molecule has 0 N–H and O–H groups in total. The third kappa shape index (κ3) is 10.2. The number of nitrogens with zero attached hydrogens (tertiary/aromatic N) is 4. The fraction of sp³-hybridized carbons (Fsp3) is 0.167. The highest BCUT2D eigenvalue weighted by Gasteiger charge is 2.34. The van der Waals surface area contributed by atoms with Crippen LogP contribution in [0.4, 0.5) is 27.1 Å². The summed E-state index contributed by atoms with van der Waals surface area (Å²) in [4.78, 5) is 9.87. The molecule has 0 atom stereocenters. The SMILES string of the molecule is CC(C)(C)c1cc(-c2cc(-c3ccccc3)cc(-c3ccc(F)cc3)c2N2CN(c3cc(Oc4ccc5c6ccccc6n(-c6cc(C(C)(C)C)ccn6)c5c4)cc(-c4ccccc4-c4ccccc4)c3)c3ccccc32)cc(C(C)(C)C)c1. The zero-order chi connectivity index (χ0) is 58.1. The van der Waals surface area contributed by atoms with E-state index in [-0.39, 0.29) is 22.1 Å². The molecule has 0 saturated heterocycles. The van der Waals surface area contributed by atoms with E-state index in [1.54, 1.807) is 12.1 Å². The first kappa shape index (κ1) is 53.8. The Morgan fingerprint density at radius 3 is 1.60 bits per heavy atom. The molecule has 1 aliphatic heterocycles. The molecule has 84 heavy (non-hydrogen) atoms. The summed E-state index contributed by atoms with van der Waals surface area (Å²) < 4.78 is 24.6. The number of hydrogen-bond acceptors (Lipinski definition) is 4. The van der Waals surface area contributed by atoms with Gasteiger partial charge in [0.2, 0.25) is 0 Å². The Morgan fingerprint density at radius 2 is 0.929 bits per heavy atom. The third-order valence-corrected chi connectivity index (χ3v) is 16.6. The van der Waals surface area contributed by atoms with Gasteiger partial charge in [-0.25, -0.2) is 9.37 Å². The van der Waals surface area contributed by atoms with Gasteiger partial charge in [-0.3, -0.25) is 4.57 Å². The van der Waals surface area contributed by atoms with E-state index >= 15 is 4.39 Å². The molecule has 0 bridgehead atoms. The second-order valence-electron chi connectivity index (χ2n) is 25.5. The summed E-state index contributed by atoms with van der Waals surface area (Å²) in [6, 6.07) is 83.5. The molecule has 13 rings (SSSR count). The molecule has 0 unspecified atom stereocenters. The maximum atomic E-state index is 15.1. The van der Waals surface area contributed by atoms with Gasteiger partial charge in [0.15, 0.2) is 0 Å². The van der Waals surface area contributed by atoms with Crippen LogP contribution < -0.4 is 14.5 Å². The minimum atomic E-state index is -0.276. The second kappa shape index (κ2) is 21.0. The Labute approximate surface area is 493 Å². The number of aromatic nitrogens is 2. The predicted molar refractivity (Wildman–Crippen MR) is 350 cm³/mol. The van der Waals surface area contributed by atoms with E-state index in [9.17, 15) is 0 Å². The maximum Gasteiger partial charge on any atom is 0.137 e. The Hall–Kier alpha value is -9.52. The van der Waals surface area contributed by atoms with Crippen molar-refractivity contribution in [1.82, 2.24) is 9.55 Å². The second-order valence-corrected chi connectivity index (χ2v) is 25.5. The molecule has 414 valence electrons. The number of anilines is 4. The monoisotopic (exact) mass is 1100 g/mol. The molecule has 3 heterocycles. The molecule has 0 aliphatic carbocycles. The minimum absolute atomic E-state index is 0.0617. The molecule has 12 aromatic rings. The van der Waals surface area contributed by atoms with Crippen LogP contribution in [-0.4, -0.2) is 16.2 Å². The van der Waals surface area contributed by atoms with E-state index in [0.29, 0.717) is 18.2 Å². The van der Waals surface area contributed by atoms with Crippen LogP contribution in [0.25, 0.3) is 83.3 Å². The van der Waals surface area contributed by atoms with Gasteiger partial charge in [0.1, 0.15) is 29.8 Å². The zero-order valence-corrected chi connectivity index (χ0v) is 49.4. The quantitative estimate of drug-likeness (QED) is 0.137. The van der Waals surface area contributed by atoms with Crippen LogP contribution in [0.2, 0.25) is 0 Å². The van der Waals surface area contributed by atoms with Crippen molar-refractivity contribution in [1.29, 1.82) is 0 Å². The van der Waals surface area contributed by atoms with Crippen molar-refractivity contribution < 1.29 is 9.13 Å². The van der Waals surface area contributed by atoms with Crippen LogP contribution in [0, 0.1) is 5.82 Å². The van der Waals surface area contributed by atoms with Crippen molar-refractivity contribution in [2.45, 2.75) is 78.6 Å². The molecule has 0 amide bonds. The Bertz CT molecular complexity index is 4410. The van der Waals surface area contributed by atoms with Crippen molar-refractivity contribution >= 4 is 44.6 Å². The Kier molecular flexibility index (Phi) is 13.5. The van der Waals surface area contributed by atoms with Crippen LogP contribution in [0.15, 0.2) is 243 Å². The third-order valence-electron chi connectivity index (χ3n) is 16.6. The lowest BCUT2D eigenvalue weighted by atomic mass is 9.78. The first-order valence-corrected chi connectivity index (χ1v) is 29.2. The summed E-state index contributed by atoms with van der Waals surface area (Å²) in [5, 5.41) is 2.27. The summed E-state index contributed by atoms with van der Waals surface area (Å²) in [6.45, 7) is 21.0. The smallest absolute Gasteiger partial charge is 0.137 e. The number of para-hydroxylation sites is 3. The maximum absolute atomic E-state index is 15.1. The minimum Gasteiger partial charge on any atom is -0.457 e. The highest BCUT2D eigenvalue weighted by Crippen LogP contribution is 2.53. The number of pyridine rings is 1. The number of ether oxygens (including phenoxy) is 1. The molecule has 6 heteroatoms. The summed E-state index contributed by atoms with van der Waals surface area (Å²) >= 11 is 0. The number of hydrogen-bond donors (Lipinski definition) is 0. The van der Waals surface area contributed by atoms with Gasteiger partial charge in [-0.15, -0.1) is 0 Å². The van der Waals surface area contributed by atoms with Crippen LogP contribution in [-0.2, 0) is 16.2 Å². The van der Waals surface area contributed by atoms with Crippen LogP contribution in [0.5, 0.6) is 11.5 Å². The number of halogens is 1. The van der Waals surface area contributed by atoms with E-state index in [1.165, 1.54) is 16.7 Å². The first-order valence-electron chi connectivity index (χ1n) is 29.2. The molecule has 10 aromatic carbocycles. The first-order chi connectivity index (χ1) is 40.4. The van der Waals surface area contributed by atoms with E-state index in [4.69, 9.17) is 9.72 Å².